The maximum Gasteiger partial charge on any atom is 0.423 e. The molecule has 1 aromatic carbocycles. The number of carbonyl (C=O) groups is 1. The van der Waals surface area contributed by atoms with Crippen LogP contribution in [0.3, 0.4) is 0 Å². The number of carbonyl (C=O) groups excluding carboxylic acids is 1. The van der Waals surface area contributed by atoms with Gasteiger partial charge in [-0.25, -0.2) is 0 Å². The van der Waals surface area contributed by atoms with E-state index in [0.29, 0.717) is 6.07 Å². The lowest BCUT2D eigenvalue weighted by molar-refractivity contribution is -0.388. The number of rotatable bonds is 3. The van der Waals surface area contributed by atoms with Gasteiger partial charge in [0.15, 0.2) is 0 Å². The zero-order valence-electron chi connectivity index (χ0n) is 8.69. The molecule has 0 fully saturated rings. The molecule has 0 aliphatic heterocycles. The van der Waals surface area contributed by atoms with E-state index in [9.17, 15) is 28.1 Å². The summed E-state index contributed by atoms with van der Waals surface area (Å²) in [7, 11) is 0. The molecule has 0 unspecified atom stereocenters. The van der Waals surface area contributed by atoms with Crippen molar-refractivity contribution in [2.75, 3.05) is 0 Å². The van der Waals surface area contributed by atoms with E-state index in [1.54, 1.807) is 0 Å². The summed E-state index contributed by atoms with van der Waals surface area (Å²) in [4.78, 5) is 19.9. The van der Waals surface area contributed by atoms with Crippen LogP contribution in [0.25, 0.3) is 0 Å². The van der Waals surface area contributed by atoms with Crippen LogP contribution < -0.4 is 0 Å². The highest BCUT2D eigenvalue weighted by Crippen LogP contribution is 2.39. The summed E-state index contributed by atoms with van der Waals surface area (Å²) in [6, 6.07) is 2.84. The van der Waals surface area contributed by atoms with Gasteiger partial charge in [0.1, 0.15) is 11.8 Å². The van der Waals surface area contributed by atoms with Crippen LogP contribution in [0.4, 0.5) is 18.9 Å². The molecule has 0 aliphatic carbocycles. The summed E-state index contributed by atoms with van der Waals surface area (Å²) in [5.74, 6) is 0. The average Bonchev–Trinajstić information content (AvgIpc) is 2.26. The van der Waals surface area contributed by atoms with Gasteiger partial charge in [-0.05, 0) is 11.6 Å². The molecule has 0 aliphatic rings. The monoisotopic (exact) mass is 258 g/mol. The van der Waals surface area contributed by atoms with Crippen LogP contribution >= 0.6 is 0 Å². The molecular formula is C10H5F3N2O3. The van der Waals surface area contributed by atoms with Gasteiger partial charge in [0.2, 0.25) is 0 Å². The normalized spacial score (nSPS) is 10.8. The van der Waals surface area contributed by atoms with Gasteiger partial charge in [0.25, 0.3) is 5.69 Å². The second-order valence-electron chi connectivity index (χ2n) is 3.28. The van der Waals surface area contributed by atoms with E-state index in [2.05, 4.69) is 0 Å². The molecule has 0 spiro atoms. The van der Waals surface area contributed by atoms with Crippen LogP contribution in [0.15, 0.2) is 12.1 Å². The van der Waals surface area contributed by atoms with Crippen molar-refractivity contribution in [1.29, 1.82) is 5.26 Å². The largest absolute Gasteiger partial charge is 0.423 e. The number of nitro benzene ring substituents is 1. The molecule has 5 nitrogen and oxygen atoms in total. The van der Waals surface area contributed by atoms with E-state index in [1.807, 2.05) is 0 Å². The Morgan fingerprint density at radius 3 is 2.44 bits per heavy atom. The molecule has 94 valence electrons. The number of nitro groups is 1. The Bertz CT molecular complexity index is 547. The Balaban J connectivity index is 3.67. The second kappa shape index (κ2) is 4.83. The number of nitriles is 1. The minimum Gasteiger partial charge on any atom is -0.298 e. The third-order valence-electron chi connectivity index (χ3n) is 2.11. The number of aldehydes is 1. The first kappa shape index (κ1) is 13.6. The summed E-state index contributed by atoms with van der Waals surface area (Å²) in [6.07, 6.45) is -5.44. The van der Waals surface area contributed by atoms with Gasteiger partial charge in [-0.15, -0.1) is 0 Å². The van der Waals surface area contributed by atoms with Crippen LogP contribution in [0.5, 0.6) is 0 Å². The lowest BCUT2D eigenvalue weighted by atomic mass is 9.99. The zero-order chi connectivity index (χ0) is 13.9. The minimum absolute atomic E-state index is 0.189. The fourth-order valence-corrected chi connectivity index (χ4v) is 1.47. The van der Waals surface area contributed by atoms with Crippen molar-refractivity contribution in [3.8, 4) is 6.07 Å². The van der Waals surface area contributed by atoms with Crippen LogP contribution in [-0.4, -0.2) is 11.2 Å². The third-order valence-corrected chi connectivity index (χ3v) is 2.11. The first-order valence-corrected chi connectivity index (χ1v) is 4.52. The molecule has 1 rings (SSSR count). The first-order valence-electron chi connectivity index (χ1n) is 4.52. The molecule has 0 atom stereocenters. The van der Waals surface area contributed by atoms with Gasteiger partial charge >= 0.3 is 6.18 Å². The van der Waals surface area contributed by atoms with Crippen molar-refractivity contribution >= 4 is 12.0 Å². The van der Waals surface area contributed by atoms with Crippen LogP contribution in [-0.2, 0) is 12.6 Å². The summed E-state index contributed by atoms with van der Waals surface area (Å²) >= 11 is 0. The number of halogens is 3. The van der Waals surface area contributed by atoms with E-state index in [-0.39, 0.29) is 11.8 Å². The highest BCUT2D eigenvalue weighted by atomic mass is 19.4. The molecular weight excluding hydrogens is 253 g/mol. The fraction of sp³-hybridized carbons (Fsp3) is 0.200. The summed E-state index contributed by atoms with van der Waals surface area (Å²) in [6.45, 7) is 0. The molecule has 0 saturated heterocycles. The molecule has 0 amide bonds. The second-order valence-corrected chi connectivity index (χ2v) is 3.28. The van der Waals surface area contributed by atoms with E-state index in [0.717, 1.165) is 6.07 Å². The van der Waals surface area contributed by atoms with Crippen molar-refractivity contribution in [3.63, 3.8) is 0 Å². The van der Waals surface area contributed by atoms with E-state index < -0.39 is 34.3 Å². The number of alkyl halides is 3. The van der Waals surface area contributed by atoms with Gasteiger partial charge in [0, 0.05) is 11.6 Å². The van der Waals surface area contributed by atoms with Crippen LogP contribution in [0, 0.1) is 21.4 Å². The summed E-state index contributed by atoms with van der Waals surface area (Å²) in [5, 5.41) is 19.0. The van der Waals surface area contributed by atoms with E-state index in [4.69, 9.17) is 5.26 Å². The standard InChI is InChI=1S/C10H5F3N2O3/c11-10(12,13)9-7(1-2-14)3-6(5-16)4-8(9)15(17)18/h3-5H,1H2. The van der Waals surface area contributed by atoms with Crippen molar-refractivity contribution in [1.82, 2.24) is 0 Å². The third kappa shape index (κ3) is 2.63. The van der Waals surface area contributed by atoms with Crippen LogP contribution in [0.1, 0.15) is 21.5 Å². The van der Waals surface area contributed by atoms with Crippen molar-refractivity contribution < 1.29 is 22.9 Å². The average molecular weight is 258 g/mol. The van der Waals surface area contributed by atoms with Gasteiger partial charge in [0.05, 0.1) is 17.4 Å². The molecule has 1 aromatic rings. The molecule has 0 radical (unpaired) electrons. The summed E-state index contributed by atoms with van der Waals surface area (Å²) < 4.78 is 38.2. The maximum absolute atomic E-state index is 12.7. The Morgan fingerprint density at radius 2 is 2.06 bits per heavy atom. The lowest BCUT2D eigenvalue weighted by Crippen LogP contribution is -2.13. The maximum atomic E-state index is 12.7. The van der Waals surface area contributed by atoms with Crippen molar-refractivity contribution in [2.45, 2.75) is 12.6 Å². The van der Waals surface area contributed by atoms with Crippen molar-refractivity contribution in [3.05, 3.63) is 38.9 Å². The Labute approximate surface area is 98.6 Å². The molecule has 0 N–H and O–H groups in total. The zero-order valence-corrected chi connectivity index (χ0v) is 8.69. The number of hydrogen-bond donors (Lipinski definition) is 0. The van der Waals surface area contributed by atoms with Gasteiger partial charge in [-0.1, -0.05) is 0 Å². The van der Waals surface area contributed by atoms with Crippen molar-refractivity contribution in [2.24, 2.45) is 0 Å². The van der Waals surface area contributed by atoms with E-state index in [1.165, 1.54) is 6.07 Å². The molecule has 18 heavy (non-hydrogen) atoms. The SMILES string of the molecule is N#CCc1cc(C=O)cc([N+](=O)[O-])c1C(F)(F)F. The Kier molecular flexibility index (Phi) is 3.66. The molecule has 0 heterocycles. The molecule has 0 aromatic heterocycles. The number of nitrogens with zero attached hydrogens (tertiary/aromatic N) is 2. The highest BCUT2D eigenvalue weighted by Gasteiger charge is 2.41. The lowest BCUT2D eigenvalue weighted by Gasteiger charge is -2.11. The molecule has 0 saturated carbocycles. The predicted molar refractivity (Wildman–Crippen MR) is 52.8 cm³/mol. The smallest absolute Gasteiger partial charge is 0.298 e. The van der Waals surface area contributed by atoms with Gasteiger partial charge in [-0.3, -0.25) is 14.9 Å². The predicted octanol–water partition coefficient (Wildman–Crippen LogP) is 2.49. The number of benzene rings is 1. The minimum atomic E-state index is -4.96. The number of hydrogen-bond acceptors (Lipinski definition) is 4. The van der Waals surface area contributed by atoms with Crippen LogP contribution in [0.2, 0.25) is 0 Å². The molecule has 0 bridgehead atoms. The summed E-state index contributed by atoms with van der Waals surface area (Å²) in [5.41, 5.74) is -3.57. The Hall–Kier alpha value is -2.43. The fourth-order valence-electron chi connectivity index (χ4n) is 1.47. The van der Waals surface area contributed by atoms with Gasteiger partial charge < -0.3 is 0 Å². The van der Waals surface area contributed by atoms with Gasteiger partial charge in [-0.2, -0.15) is 18.4 Å². The Morgan fingerprint density at radius 1 is 1.44 bits per heavy atom. The quantitative estimate of drug-likeness (QED) is 0.473. The first-order chi connectivity index (χ1) is 8.31. The van der Waals surface area contributed by atoms with E-state index >= 15 is 0 Å². The highest BCUT2D eigenvalue weighted by molar-refractivity contribution is 5.77. The molecule has 8 heteroatoms. The topological polar surface area (TPSA) is 84.0 Å².